The number of carboxylic acid groups (broad SMARTS) is 1. The molecule has 0 saturated carbocycles. The molecular weight excluding hydrogens is 360 g/mol. The van der Waals surface area contributed by atoms with E-state index in [0.29, 0.717) is 16.6 Å². The van der Waals surface area contributed by atoms with Gasteiger partial charge in [0.15, 0.2) is 16.6 Å². The van der Waals surface area contributed by atoms with Crippen molar-refractivity contribution >= 4 is 49.8 Å². The molecule has 6 nitrogen and oxygen atoms in total. The fourth-order valence-corrected chi connectivity index (χ4v) is 2.81. The summed E-state index contributed by atoms with van der Waals surface area (Å²) in [5.41, 5.74) is 0.421. The van der Waals surface area contributed by atoms with Crippen LogP contribution in [0, 0.1) is 0 Å². The van der Waals surface area contributed by atoms with Gasteiger partial charge in [-0.3, -0.25) is 4.79 Å². The summed E-state index contributed by atoms with van der Waals surface area (Å²) in [5.74, 6) is -0.917. The van der Waals surface area contributed by atoms with Crippen molar-refractivity contribution in [3.8, 4) is 5.75 Å². The molecule has 0 radical (unpaired) electrons. The van der Waals surface area contributed by atoms with Crippen LogP contribution in [-0.2, 0) is 0 Å². The van der Waals surface area contributed by atoms with E-state index in [1.807, 2.05) is 0 Å². The minimum absolute atomic E-state index is 0.115. The summed E-state index contributed by atoms with van der Waals surface area (Å²) >= 11 is 4.37. The number of hydrogen-bond donors (Lipinski definition) is 2. The number of ketones is 1. The fourth-order valence-electron chi connectivity index (χ4n) is 1.60. The first kappa shape index (κ1) is 15.5. The van der Waals surface area contributed by atoms with Crippen molar-refractivity contribution in [2.75, 3.05) is 12.4 Å². The Bertz CT molecular complexity index is 683. The number of hydrogen-bond acceptors (Lipinski definition) is 6. The summed E-state index contributed by atoms with van der Waals surface area (Å²) in [5, 5.41) is 12.4. The van der Waals surface area contributed by atoms with E-state index in [4.69, 9.17) is 9.84 Å². The summed E-state index contributed by atoms with van der Waals surface area (Å²) in [6.07, 6.45) is 0. The lowest BCUT2D eigenvalue weighted by Gasteiger charge is -2.07. The highest BCUT2D eigenvalue weighted by Crippen LogP contribution is 2.32. The Kier molecular flexibility index (Phi) is 4.59. The highest BCUT2D eigenvalue weighted by atomic mass is 79.9. The molecule has 0 aliphatic heterocycles. The van der Waals surface area contributed by atoms with E-state index in [-0.39, 0.29) is 16.4 Å². The van der Waals surface area contributed by atoms with E-state index in [2.05, 4.69) is 26.2 Å². The number of carbonyl (C=O) groups excluding carboxylic acids is 1. The first-order valence-corrected chi connectivity index (χ1v) is 7.39. The molecule has 0 unspecified atom stereocenters. The number of carboxylic acids is 1. The standard InChI is InChI=1S/C13H11BrN2O4S/c1-6(17)11-10(12(18)19)16-13(21-11)15-9-5-7(20-2)3-4-8(9)14/h3-5H,1-2H3,(H,15,16)(H,18,19). The molecule has 2 aromatic rings. The Labute approximate surface area is 132 Å². The van der Waals surface area contributed by atoms with Gasteiger partial charge in [0.1, 0.15) is 10.6 Å². The number of Topliss-reactive ketones (excluding diaryl/α,β-unsaturated/α-hetero) is 1. The lowest BCUT2D eigenvalue weighted by Crippen LogP contribution is -2.03. The van der Waals surface area contributed by atoms with Crippen LogP contribution < -0.4 is 10.1 Å². The lowest BCUT2D eigenvalue weighted by atomic mass is 10.3. The van der Waals surface area contributed by atoms with E-state index in [9.17, 15) is 9.59 Å². The molecule has 0 aliphatic carbocycles. The molecule has 0 atom stereocenters. The summed E-state index contributed by atoms with van der Waals surface area (Å²) in [6.45, 7) is 1.31. The number of rotatable bonds is 5. The molecule has 110 valence electrons. The Morgan fingerprint density at radius 3 is 2.67 bits per heavy atom. The van der Waals surface area contributed by atoms with Gasteiger partial charge in [0.25, 0.3) is 0 Å². The van der Waals surface area contributed by atoms with Crippen LogP contribution in [0.5, 0.6) is 5.75 Å². The number of halogens is 1. The van der Waals surface area contributed by atoms with Crippen molar-refractivity contribution in [2.24, 2.45) is 0 Å². The predicted molar refractivity (Wildman–Crippen MR) is 83.1 cm³/mol. The predicted octanol–water partition coefficient (Wildman–Crippen LogP) is 3.56. The summed E-state index contributed by atoms with van der Waals surface area (Å²) in [6, 6.07) is 5.30. The van der Waals surface area contributed by atoms with E-state index in [1.54, 1.807) is 25.3 Å². The second kappa shape index (κ2) is 6.23. The van der Waals surface area contributed by atoms with E-state index in [0.717, 1.165) is 15.8 Å². The van der Waals surface area contributed by atoms with Gasteiger partial charge in [-0.2, -0.15) is 0 Å². The molecule has 2 N–H and O–H groups in total. The van der Waals surface area contributed by atoms with Crippen LogP contribution in [0.3, 0.4) is 0 Å². The molecule has 2 rings (SSSR count). The molecule has 8 heteroatoms. The summed E-state index contributed by atoms with van der Waals surface area (Å²) < 4.78 is 5.89. The average Bonchev–Trinajstić information content (AvgIpc) is 2.85. The van der Waals surface area contributed by atoms with Crippen molar-refractivity contribution in [3.05, 3.63) is 33.2 Å². The maximum Gasteiger partial charge on any atom is 0.356 e. The highest BCUT2D eigenvalue weighted by Gasteiger charge is 2.20. The number of thiazole rings is 1. The first-order chi connectivity index (χ1) is 9.92. The maximum atomic E-state index is 11.5. The Balaban J connectivity index is 2.38. The molecule has 0 spiro atoms. The normalized spacial score (nSPS) is 10.2. The van der Waals surface area contributed by atoms with Crippen molar-refractivity contribution in [2.45, 2.75) is 6.92 Å². The van der Waals surface area contributed by atoms with Crippen molar-refractivity contribution in [3.63, 3.8) is 0 Å². The fraction of sp³-hybridized carbons (Fsp3) is 0.154. The minimum Gasteiger partial charge on any atom is -0.497 e. The third kappa shape index (κ3) is 3.40. The van der Waals surface area contributed by atoms with E-state index >= 15 is 0 Å². The summed E-state index contributed by atoms with van der Waals surface area (Å²) in [4.78, 5) is 26.6. The van der Waals surface area contributed by atoms with Crippen LogP contribution in [0.2, 0.25) is 0 Å². The number of carbonyl (C=O) groups is 2. The SMILES string of the molecule is COc1ccc(Br)c(Nc2nc(C(=O)O)c(C(C)=O)s2)c1. The quantitative estimate of drug-likeness (QED) is 0.782. The Morgan fingerprint density at radius 1 is 1.43 bits per heavy atom. The molecule has 0 amide bonds. The lowest BCUT2D eigenvalue weighted by molar-refractivity contribution is 0.0687. The van der Waals surface area contributed by atoms with Crippen LogP contribution in [0.1, 0.15) is 27.1 Å². The van der Waals surface area contributed by atoms with Crippen LogP contribution in [-0.4, -0.2) is 29.0 Å². The molecule has 1 aromatic heterocycles. The molecule has 0 aliphatic rings. The third-order valence-corrected chi connectivity index (χ3v) is 4.33. The van der Waals surface area contributed by atoms with Gasteiger partial charge in [0.05, 0.1) is 12.8 Å². The number of benzene rings is 1. The Morgan fingerprint density at radius 2 is 2.14 bits per heavy atom. The number of aromatic carboxylic acids is 1. The number of ether oxygens (including phenoxy) is 1. The zero-order chi connectivity index (χ0) is 15.6. The molecule has 0 saturated heterocycles. The molecular formula is C13H11BrN2O4S. The molecule has 21 heavy (non-hydrogen) atoms. The number of nitrogens with zero attached hydrogens (tertiary/aromatic N) is 1. The zero-order valence-corrected chi connectivity index (χ0v) is 13.5. The number of nitrogens with one attached hydrogen (secondary N) is 1. The first-order valence-electron chi connectivity index (χ1n) is 5.78. The monoisotopic (exact) mass is 370 g/mol. The van der Waals surface area contributed by atoms with Crippen LogP contribution in [0.4, 0.5) is 10.8 Å². The van der Waals surface area contributed by atoms with Crippen LogP contribution in [0.25, 0.3) is 0 Å². The smallest absolute Gasteiger partial charge is 0.356 e. The molecule has 0 bridgehead atoms. The van der Waals surface area contributed by atoms with Crippen molar-refractivity contribution in [1.82, 2.24) is 4.98 Å². The highest BCUT2D eigenvalue weighted by molar-refractivity contribution is 9.10. The van der Waals surface area contributed by atoms with Gasteiger partial charge in [0.2, 0.25) is 0 Å². The molecule has 0 fully saturated rings. The Hall–Kier alpha value is -1.93. The van der Waals surface area contributed by atoms with Gasteiger partial charge in [-0.15, -0.1) is 0 Å². The molecule has 1 aromatic carbocycles. The summed E-state index contributed by atoms with van der Waals surface area (Å²) in [7, 11) is 1.55. The topological polar surface area (TPSA) is 88.5 Å². The van der Waals surface area contributed by atoms with Crippen molar-refractivity contribution < 1.29 is 19.4 Å². The van der Waals surface area contributed by atoms with Crippen molar-refractivity contribution in [1.29, 1.82) is 0 Å². The second-order valence-electron chi connectivity index (χ2n) is 4.03. The van der Waals surface area contributed by atoms with Gasteiger partial charge in [0, 0.05) is 17.5 Å². The van der Waals surface area contributed by atoms with E-state index in [1.165, 1.54) is 6.92 Å². The maximum absolute atomic E-state index is 11.5. The van der Waals surface area contributed by atoms with Gasteiger partial charge in [-0.25, -0.2) is 9.78 Å². The van der Waals surface area contributed by atoms with Gasteiger partial charge in [-0.1, -0.05) is 11.3 Å². The van der Waals surface area contributed by atoms with Gasteiger partial charge < -0.3 is 15.2 Å². The number of aromatic nitrogens is 1. The van der Waals surface area contributed by atoms with Crippen LogP contribution >= 0.6 is 27.3 Å². The number of anilines is 2. The number of methoxy groups -OCH3 is 1. The van der Waals surface area contributed by atoms with E-state index < -0.39 is 5.97 Å². The average molecular weight is 371 g/mol. The third-order valence-electron chi connectivity index (χ3n) is 2.56. The van der Waals surface area contributed by atoms with Gasteiger partial charge >= 0.3 is 5.97 Å². The van der Waals surface area contributed by atoms with Gasteiger partial charge in [-0.05, 0) is 28.1 Å². The molecule has 1 heterocycles. The second-order valence-corrected chi connectivity index (χ2v) is 5.88. The largest absolute Gasteiger partial charge is 0.497 e. The minimum atomic E-state index is -1.23. The van der Waals surface area contributed by atoms with Crippen LogP contribution in [0.15, 0.2) is 22.7 Å². The zero-order valence-electron chi connectivity index (χ0n) is 11.1.